The Labute approximate surface area is 83.5 Å². The van der Waals surface area contributed by atoms with Crippen LogP contribution >= 0.6 is 0 Å². The molecule has 14 heavy (non-hydrogen) atoms. The standard InChI is InChI=1S/C12H14NO/c1-9-10-6-4-5-7-11(10)14-12(9)8-13(2)3/h4-8H,1-3H3/q+1. The minimum atomic E-state index is 0.941. The first-order valence-corrected chi connectivity index (χ1v) is 4.68. The van der Waals surface area contributed by atoms with Crippen LogP contribution in [-0.2, 0) is 0 Å². The van der Waals surface area contributed by atoms with Gasteiger partial charge in [0.15, 0.2) is 5.76 Å². The predicted octanol–water partition coefficient (Wildman–Crippen LogP) is 2.43. The molecule has 0 N–H and O–H groups in total. The van der Waals surface area contributed by atoms with Crippen molar-refractivity contribution in [1.29, 1.82) is 0 Å². The van der Waals surface area contributed by atoms with Crippen molar-refractivity contribution in [3.63, 3.8) is 0 Å². The molecule has 1 heterocycles. The van der Waals surface area contributed by atoms with Gasteiger partial charge in [-0.1, -0.05) is 18.2 Å². The summed E-state index contributed by atoms with van der Waals surface area (Å²) < 4.78 is 7.70. The molecule has 72 valence electrons. The fourth-order valence-corrected chi connectivity index (χ4v) is 1.55. The quantitative estimate of drug-likeness (QED) is 0.496. The minimum Gasteiger partial charge on any atom is -0.450 e. The highest BCUT2D eigenvalue weighted by atomic mass is 16.3. The van der Waals surface area contributed by atoms with E-state index in [0.29, 0.717) is 0 Å². The van der Waals surface area contributed by atoms with Crippen molar-refractivity contribution in [2.75, 3.05) is 14.1 Å². The van der Waals surface area contributed by atoms with Crippen molar-refractivity contribution in [2.45, 2.75) is 6.92 Å². The molecule has 0 saturated heterocycles. The Hall–Kier alpha value is -1.57. The third-order valence-corrected chi connectivity index (χ3v) is 2.26. The van der Waals surface area contributed by atoms with Gasteiger partial charge in [-0.3, -0.25) is 0 Å². The van der Waals surface area contributed by atoms with Gasteiger partial charge in [0.2, 0.25) is 6.21 Å². The minimum absolute atomic E-state index is 0.941. The van der Waals surface area contributed by atoms with E-state index in [1.165, 1.54) is 10.9 Å². The molecule has 0 spiro atoms. The number of para-hydroxylation sites is 1. The van der Waals surface area contributed by atoms with Gasteiger partial charge in [-0.05, 0) is 13.0 Å². The number of rotatable bonds is 1. The van der Waals surface area contributed by atoms with Crippen molar-refractivity contribution in [3.8, 4) is 0 Å². The second-order valence-corrected chi connectivity index (χ2v) is 3.68. The molecule has 0 fully saturated rings. The lowest BCUT2D eigenvalue weighted by atomic mass is 10.1. The number of benzene rings is 1. The highest BCUT2D eigenvalue weighted by molar-refractivity contribution is 5.89. The number of fused-ring (bicyclic) bond motifs is 1. The summed E-state index contributed by atoms with van der Waals surface area (Å²) in [4.78, 5) is 0. The fraction of sp³-hybridized carbons (Fsp3) is 0.250. The number of nitrogens with zero attached hydrogens (tertiary/aromatic N) is 1. The van der Waals surface area contributed by atoms with E-state index in [4.69, 9.17) is 4.42 Å². The Bertz CT molecular complexity index is 490. The van der Waals surface area contributed by atoms with Crippen molar-refractivity contribution in [3.05, 3.63) is 35.6 Å². The second-order valence-electron chi connectivity index (χ2n) is 3.68. The molecular formula is C12H14NO+. The molecule has 2 aromatic rings. The molecule has 0 radical (unpaired) electrons. The summed E-state index contributed by atoms with van der Waals surface area (Å²) in [5, 5.41) is 1.20. The van der Waals surface area contributed by atoms with Crippen molar-refractivity contribution < 1.29 is 8.99 Å². The van der Waals surface area contributed by atoms with Crippen molar-refractivity contribution in [2.24, 2.45) is 0 Å². The normalized spacial score (nSPS) is 10.5. The molecule has 1 aromatic heterocycles. The zero-order valence-electron chi connectivity index (χ0n) is 8.74. The van der Waals surface area contributed by atoms with Gasteiger partial charge in [0.25, 0.3) is 0 Å². The van der Waals surface area contributed by atoms with E-state index in [9.17, 15) is 0 Å². The maximum atomic E-state index is 5.71. The molecule has 0 aliphatic rings. The van der Waals surface area contributed by atoms with Crippen LogP contribution in [0.25, 0.3) is 11.0 Å². The number of furan rings is 1. The van der Waals surface area contributed by atoms with Crippen LogP contribution in [0.1, 0.15) is 11.3 Å². The Morgan fingerprint density at radius 3 is 2.57 bits per heavy atom. The average molecular weight is 188 g/mol. The van der Waals surface area contributed by atoms with E-state index in [2.05, 4.69) is 13.0 Å². The maximum absolute atomic E-state index is 5.71. The lowest BCUT2D eigenvalue weighted by Gasteiger charge is -1.86. The second kappa shape index (κ2) is 3.29. The summed E-state index contributed by atoms with van der Waals surface area (Å²) >= 11 is 0. The lowest BCUT2D eigenvalue weighted by Crippen LogP contribution is -1.99. The molecule has 0 aliphatic heterocycles. The van der Waals surface area contributed by atoms with Gasteiger partial charge in [-0.15, -0.1) is 0 Å². The highest BCUT2D eigenvalue weighted by Crippen LogP contribution is 2.23. The number of hydrogen-bond acceptors (Lipinski definition) is 1. The van der Waals surface area contributed by atoms with Crippen LogP contribution in [0.2, 0.25) is 0 Å². The van der Waals surface area contributed by atoms with Gasteiger partial charge >= 0.3 is 0 Å². The number of hydrogen-bond donors (Lipinski definition) is 0. The van der Waals surface area contributed by atoms with Gasteiger partial charge in [0.05, 0.1) is 0 Å². The van der Waals surface area contributed by atoms with E-state index >= 15 is 0 Å². The van der Waals surface area contributed by atoms with Crippen molar-refractivity contribution >= 4 is 17.2 Å². The summed E-state index contributed by atoms with van der Waals surface area (Å²) in [5.41, 5.74) is 2.16. The van der Waals surface area contributed by atoms with Gasteiger partial charge in [0.1, 0.15) is 19.7 Å². The SMILES string of the molecule is Cc1c(C=[N+](C)C)oc2ccccc12. The molecule has 0 atom stereocenters. The smallest absolute Gasteiger partial charge is 0.206 e. The highest BCUT2D eigenvalue weighted by Gasteiger charge is 2.09. The number of aryl methyl sites for hydroxylation is 1. The van der Waals surface area contributed by atoms with Crippen LogP contribution in [0.4, 0.5) is 0 Å². The summed E-state index contributed by atoms with van der Waals surface area (Å²) in [7, 11) is 3.99. The summed E-state index contributed by atoms with van der Waals surface area (Å²) in [6.45, 7) is 2.08. The molecule has 0 saturated carbocycles. The summed E-state index contributed by atoms with van der Waals surface area (Å²) in [5.74, 6) is 0.941. The van der Waals surface area contributed by atoms with Gasteiger partial charge in [-0.2, -0.15) is 0 Å². The van der Waals surface area contributed by atoms with Crippen LogP contribution in [0, 0.1) is 6.92 Å². The van der Waals surface area contributed by atoms with Crippen LogP contribution < -0.4 is 0 Å². The largest absolute Gasteiger partial charge is 0.450 e. The fourth-order valence-electron chi connectivity index (χ4n) is 1.55. The average Bonchev–Trinajstić information content (AvgIpc) is 2.44. The van der Waals surface area contributed by atoms with E-state index in [1.54, 1.807) is 0 Å². The lowest BCUT2D eigenvalue weighted by molar-refractivity contribution is -0.459. The molecule has 0 unspecified atom stereocenters. The first-order valence-electron chi connectivity index (χ1n) is 4.68. The Morgan fingerprint density at radius 1 is 1.21 bits per heavy atom. The molecular weight excluding hydrogens is 174 g/mol. The predicted molar refractivity (Wildman–Crippen MR) is 58.2 cm³/mol. The van der Waals surface area contributed by atoms with Crippen molar-refractivity contribution in [1.82, 2.24) is 0 Å². The Balaban J connectivity index is 2.69. The van der Waals surface area contributed by atoms with E-state index < -0.39 is 0 Å². The van der Waals surface area contributed by atoms with Gasteiger partial charge < -0.3 is 4.42 Å². The monoisotopic (exact) mass is 188 g/mol. The molecule has 2 rings (SSSR count). The molecule has 0 bridgehead atoms. The van der Waals surface area contributed by atoms with Gasteiger partial charge in [-0.25, -0.2) is 4.58 Å². The van der Waals surface area contributed by atoms with Crippen LogP contribution in [0.5, 0.6) is 0 Å². The van der Waals surface area contributed by atoms with Gasteiger partial charge in [0, 0.05) is 10.9 Å². The van der Waals surface area contributed by atoms with E-state index in [0.717, 1.165) is 11.3 Å². The van der Waals surface area contributed by atoms with Crippen LogP contribution in [-0.4, -0.2) is 24.9 Å². The molecule has 1 aromatic carbocycles. The molecule has 0 aliphatic carbocycles. The topological polar surface area (TPSA) is 16.1 Å². The third-order valence-electron chi connectivity index (χ3n) is 2.26. The zero-order chi connectivity index (χ0) is 10.1. The molecule has 0 amide bonds. The third kappa shape index (κ3) is 1.43. The summed E-state index contributed by atoms with van der Waals surface area (Å²) in [6, 6.07) is 8.10. The molecule has 2 heteroatoms. The Kier molecular flexibility index (Phi) is 2.12. The van der Waals surface area contributed by atoms with Crippen LogP contribution in [0.3, 0.4) is 0 Å². The Morgan fingerprint density at radius 2 is 1.93 bits per heavy atom. The first-order chi connectivity index (χ1) is 6.68. The molecule has 2 nitrogen and oxygen atoms in total. The van der Waals surface area contributed by atoms with E-state index in [1.807, 2.05) is 43.1 Å². The van der Waals surface area contributed by atoms with E-state index in [-0.39, 0.29) is 0 Å². The maximum Gasteiger partial charge on any atom is 0.206 e. The first kappa shape index (κ1) is 9.00. The summed E-state index contributed by atoms with van der Waals surface area (Å²) in [6.07, 6.45) is 2.00. The van der Waals surface area contributed by atoms with Crippen LogP contribution in [0.15, 0.2) is 28.7 Å². The zero-order valence-corrected chi connectivity index (χ0v) is 8.74.